The molecule has 76 valence electrons. The van der Waals surface area contributed by atoms with Crippen molar-refractivity contribution in [3.63, 3.8) is 0 Å². The Morgan fingerprint density at radius 1 is 1.40 bits per heavy atom. The molecule has 0 bridgehead atoms. The van der Waals surface area contributed by atoms with Crippen molar-refractivity contribution < 1.29 is 4.52 Å². The Morgan fingerprint density at radius 3 is 3.20 bits per heavy atom. The van der Waals surface area contributed by atoms with E-state index in [9.17, 15) is 0 Å². The lowest BCUT2D eigenvalue weighted by Gasteiger charge is -2.05. The molecule has 0 aliphatic carbocycles. The summed E-state index contributed by atoms with van der Waals surface area (Å²) in [5, 5.41) is 6.99. The summed E-state index contributed by atoms with van der Waals surface area (Å²) in [6, 6.07) is 8.35. The lowest BCUT2D eigenvalue weighted by atomic mass is 9.98. The van der Waals surface area contributed by atoms with Gasteiger partial charge in [-0.1, -0.05) is 23.4 Å². The monoisotopic (exact) mass is 201 g/mol. The minimum Gasteiger partial charge on any atom is -0.384 e. The number of nitrogens with zero attached hydrogens (tertiary/aromatic N) is 2. The van der Waals surface area contributed by atoms with Gasteiger partial charge in [0.2, 0.25) is 5.89 Å². The second kappa shape index (κ2) is 3.38. The maximum atomic E-state index is 5.02. The Bertz CT molecular complexity index is 453. The minimum absolute atomic E-state index is 0.446. The van der Waals surface area contributed by atoms with Crippen molar-refractivity contribution in [1.82, 2.24) is 10.1 Å². The fourth-order valence-corrected chi connectivity index (χ4v) is 2.04. The highest BCUT2D eigenvalue weighted by atomic mass is 16.5. The van der Waals surface area contributed by atoms with Gasteiger partial charge in [-0.3, -0.25) is 0 Å². The van der Waals surface area contributed by atoms with Crippen molar-refractivity contribution in [1.29, 1.82) is 0 Å². The first-order chi connectivity index (χ1) is 7.43. The third-order valence-corrected chi connectivity index (χ3v) is 2.77. The predicted molar refractivity (Wildman–Crippen MR) is 55.7 cm³/mol. The SMILES string of the molecule is c1ccc2c(c1)NCC2Cc1ncno1. The van der Waals surface area contributed by atoms with Crippen molar-refractivity contribution in [2.45, 2.75) is 12.3 Å². The van der Waals surface area contributed by atoms with E-state index in [1.807, 2.05) is 6.07 Å². The molecule has 0 saturated carbocycles. The molecular weight excluding hydrogens is 190 g/mol. The molecule has 1 aromatic carbocycles. The number of fused-ring (bicyclic) bond motifs is 1. The van der Waals surface area contributed by atoms with E-state index in [0.29, 0.717) is 11.8 Å². The van der Waals surface area contributed by atoms with Crippen molar-refractivity contribution >= 4 is 5.69 Å². The number of hydrogen-bond acceptors (Lipinski definition) is 4. The van der Waals surface area contributed by atoms with Gasteiger partial charge in [0.25, 0.3) is 0 Å². The molecule has 1 aliphatic rings. The van der Waals surface area contributed by atoms with Gasteiger partial charge in [-0.25, -0.2) is 0 Å². The lowest BCUT2D eigenvalue weighted by Crippen LogP contribution is -2.05. The summed E-state index contributed by atoms with van der Waals surface area (Å²) in [4.78, 5) is 4.05. The number of anilines is 1. The average molecular weight is 201 g/mol. The van der Waals surface area contributed by atoms with Gasteiger partial charge in [0, 0.05) is 24.6 Å². The van der Waals surface area contributed by atoms with E-state index in [2.05, 4.69) is 33.7 Å². The van der Waals surface area contributed by atoms with Crippen LogP contribution in [0.25, 0.3) is 0 Å². The Morgan fingerprint density at radius 2 is 2.33 bits per heavy atom. The summed E-state index contributed by atoms with van der Waals surface area (Å²) in [5.74, 6) is 1.15. The molecule has 1 atom stereocenters. The van der Waals surface area contributed by atoms with Crippen molar-refractivity contribution in [2.75, 3.05) is 11.9 Å². The third-order valence-electron chi connectivity index (χ3n) is 2.77. The Kier molecular flexibility index (Phi) is 1.91. The van der Waals surface area contributed by atoms with Crippen molar-refractivity contribution in [2.24, 2.45) is 0 Å². The maximum absolute atomic E-state index is 5.02. The first-order valence-electron chi connectivity index (χ1n) is 5.02. The van der Waals surface area contributed by atoms with Crippen LogP contribution in [0.1, 0.15) is 17.4 Å². The van der Waals surface area contributed by atoms with E-state index in [0.717, 1.165) is 13.0 Å². The highest BCUT2D eigenvalue weighted by Gasteiger charge is 2.23. The topological polar surface area (TPSA) is 51.0 Å². The fraction of sp³-hybridized carbons (Fsp3) is 0.273. The molecule has 0 amide bonds. The number of benzene rings is 1. The molecular formula is C11H11N3O. The molecule has 0 radical (unpaired) electrons. The van der Waals surface area contributed by atoms with Crippen molar-refractivity contribution in [3.8, 4) is 0 Å². The molecule has 4 heteroatoms. The molecule has 1 aromatic heterocycles. The van der Waals surface area contributed by atoms with Crippen LogP contribution in [0.3, 0.4) is 0 Å². The van der Waals surface area contributed by atoms with Crippen LogP contribution in [0.15, 0.2) is 35.1 Å². The highest BCUT2D eigenvalue weighted by molar-refractivity contribution is 5.57. The summed E-state index contributed by atoms with van der Waals surface area (Å²) in [7, 11) is 0. The molecule has 4 nitrogen and oxygen atoms in total. The molecule has 0 saturated heterocycles. The van der Waals surface area contributed by atoms with Gasteiger partial charge in [-0.15, -0.1) is 0 Å². The summed E-state index contributed by atoms with van der Waals surface area (Å²) >= 11 is 0. The molecule has 2 aromatic rings. The highest BCUT2D eigenvalue weighted by Crippen LogP contribution is 2.32. The predicted octanol–water partition coefficient (Wildman–Crippen LogP) is 1.82. The first-order valence-corrected chi connectivity index (χ1v) is 5.02. The van der Waals surface area contributed by atoms with Crippen LogP contribution in [0.4, 0.5) is 5.69 Å². The molecule has 1 N–H and O–H groups in total. The van der Waals surface area contributed by atoms with E-state index in [1.165, 1.54) is 17.6 Å². The van der Waals surface area contributed by atoms with E-state index in [-0.39, 0.29) is 0 Å². The maximum Gasteiger partial charge on any atom is 0.227 e. The summed E-state index contributed by atoms with van der Waals surface area (Å²) in [6.45, 7) is 0.946. The van der Waals surface area contributed by atoms with Gasteiger partial charge < -0.3 is 9.84 Å². The zero-order chi connectivity index (χ0) is 10.1. The second-order valence-corrected chi connectivity index (χ2v) is 3.70. The van der Waals surface area contributed by atoms with Gasteiger partial charge in [-0.2, -0.15) is 4.98 Å². The summed E-state index contributed by atoms with van der Waals surface area (Å²) < 4.78 is 5.02. The Balaban J connectivity index is 1.85. The Labute approximate surface area is 87.3 Å². The van der Waals surface area contributed by atoms with Crippen LogP contribution in [-0.2, 0) is 6.42 Å². The normalized spacial score (nSPS) is 18.5. The largest absolute Gasteiger partial charge is 0.384 e. The van der Waals surface area contributed by atoms with Crippen LogP contribution in [0.2, 0.25) is 0 Å². The molecule has 15 heavy (non-hydrogen) atoms. The molecule has 0 fully saturated rings. The lowest BCUT2D eigenvalue weighted by molar-refractivity contribution is 0.370. The zero-order valence-corrected chi connectivity index (χ0v) is 8.18. The minimum atomic E-state index is 0.446. The van der Waals surface area contributed by atoms with Gasteiger partial charge in [0.15, 0.2) is 6.33 Å². The van der Waals surface area contributed by atoms with Crippen LogP contribution in [0, 0.1) is 0 Å². The van der Waals surface area contributed by atoms with Gasteiger partial charge in [-0.05, 0) is 11.6 Å². The van der Waals surface area contributed by atoms with Crippen LogP contribution in [-0.4, -0.2) is 16.7 Å². The summed E-state index contributed by atoms with van der Waals surface area (Å²) in [6.07, 6.45) is 2.26. The van der Waals surface area contributed by atoms with Gasteiger partial charge >= 0.3 is 0 Å². The Hall–Kier alpha value is -1.84. The van der Waals surface area contributed by atoms with Crippen LogP contribution in [0.5, 0.6) is 0 Å². The quantitative estimate of drug-likeness (QED) is 0.805. The molecule has 1 aliphatic heterocycles. The van der Waals surface area contributed by atoms with Crippen LogP contribution < -0.4 is 5.32 Å². The number of rotatable bonds is 2. The van der Waals surface area contributed by atoms with Crippen molar-refractivity contribution in [3.05, 3.63) is 42.0 Å². The molecule has 0 spiro atoms. The zero-order valence-electron chi connectivity index (χ0n) is 8.18. The van der Waals surface area contributed by atoms with E-state index >= 15 is 0 Å². The number of nitrogens with one attached hydrogen (secondary N) is 1. The molecule has 2 heterocycles. The second-order valence-electron chi connectivity index (χ2n) is 3.70. The van der Waals surface area contributed by atoms with E-state index in [1.54, 1.807) is 0 Å². The van der Waals surface area contributed by atoms with E-state index < -0.39 is 0 Å². The first kappa shape index (κ1) is 8.47. The third kappa shape index (κ3) is 1.48. The number of para-hydroxylation sites is 1. The van der Waals surface area contributed by atoms with Gasteiger partial charge in [0.05, 0.1) is 0 Å². The number of aromatic nitrogens is 2. The smallest absolute Gasteiger partial charge is 0.227 e. The van der Waals surface area contributed by atoms with E-state index in [4.69, 9.17) is 4.52 Å². The molecule has 1 unspecified atom stereocenters. The van der Waals surface area contributed by atoms with Crippen LogP contribution >= 0.6 is 0 Å². The summed E-state index contributed by atoms with van der Waals surface area (Å²) in [5.41, 5.74) is 2.57. The number of hydrogen-bond donors (Lipinski definition) is 1. The molecule has 3 rings (SSSR count). The van der Waals surface area contributed by atoms with Gasteiger partial charge in [0.1, 0.15) is 0 Å². The fourth-order valence-electron chi connectivity index (χ4n) is 2.04. The standard InChI is InChI=1S/C11H11N3O/c1-2-4-10-9(3-1)8(6-12-10)5-11-13-7-14-15-11/h1-4,7-8,12H,5-6H2. The average Bonchev–Trinajstić information content (AvgIpc) is 2.89.